The lowest BCUT2D eigenvalue weighted by Gasteiger charge is -2.35. The number of nitrogens with two attached hydrogens (primary N) is 1. The molecule has 5 rings (SSSR count). The fraction of sp³-hybridized carbons (Fsp3) is 0.348. The van der Waals surface area contributed by atoms with Gasteiger partial charge in [0.2, 0.25) is 0 Å². The molecule has 0 unspecified atom stereocenters. The third-order valence-corrected chi connectivity index (χ3v) is 6.52. The zero-order valence-corrected chi connectivity index (χ0v) is 18.9. The smallest absolute Gasteiger partial charge is 0.257 e. The number of likely N-dealkylation sites (N-methyl/N-ethyl adjacent to an activating group) is 1. The molecule has 32 heavy (non-hydrogen) atoms. The number of hydrogen-bond acceptors (Lipinski definition) is 7. The molecule has 0 saturated carbocycles. The second-order valence-electron chi connectivity index (χ2n) is 8.37. The molecule has 0 atom stereocenters. The van der Waals surface area contributed by atoms with Crippen LogP contribution in [0.5, 0.6) is 0 Å². The van der Waals surface area contributed by atoms with E-state index in [1.165, 1.54) is 5.56 Å². The number of aromatic nitrogens is 2. The summed E-state index contributed by atoms with van der Waals surface area (Å²) in [5.41, 5.74) is 10.9. The first-order valence-corrected chi connectivity index (χ1v) is 11.1. The maximum atomic E-state index is 12.4. The van der Waals surface area contributed by atoms with Gasteiger partial charge >= 0.3 is 0 Å². The summed E-state index contributed by atoms with van der Waals surface area (Å²) >= 11 is 6.67. The van der Waals surface area contributed by atoms with Crippen LogP contribution in [0.2, 0.25) is 5.02 Å². The minimum atomic E-state index is -0.500. The van der Waals surface area contributed by atoms with Gasteiger partial charge in [-0.15, -0.1) is 0 Å². The number of amides is 1. The van der Waals surface area contributed by atoms with E-state index in [1.54, 1.807) is 13.0 Å². The first kappa shape index (κ1) is 20.8. The molecule has 3 heterocycles. The van der Waals surface area contributed by atoms with Crippen LogP contribution in [0, 0.1) is 6.92 Å². The molecule has 2 aliphatic rings. The van der Waals surface area contributed by atoms with Crippen LogP contribution in [-0.4, -0.2) is 60.7 Å². The van der Waals surface area contributed by atoms with Gasteiger partial charge in [-0.25, -0.2) is 0 Å². The van der Waals surface area contributed by atoms with Crippen molar-refractivity contribution in [2.24, 2.45) is 5.73 Å². The highest BCUT2D eigenvalue weighted by atomic mass is 35.5. The zero-order chi connectivity index (χ0) is 22.4. The summed E-state index contributed by atoms with van der Waals surface area (Å²) in [6.07, 6.45) is 0.848. The summed E-state index contributed by atoms with van der Waals surface area (Å²) in [5.74, 6) is 0.397. The number of carbonyl (C=O) groups excluding carboxylic acids is 1. The van der Waals surface area contributed by atoms with E-state index in [-0.39, 0.29) is 0 Å². The predicted octanol–water partition coefficient (Wildman–Crippen LogP) is 3.24. The maximum Gasteiger partial charge on any atom is 0.257 e. The van der Waals surface area contributed by atoms with Gasteiger partial charge in [0.15, 0.2) is 5.82 Å². The molecule has 0 bridgehead atoms. The molecule has 8 nitrogen and oxygen atoms in total. The Hall–Kier alpha value is -3.10. The second-order valence-corrected chi connectivity index (χ2v) is 8.77. The molecule has 1 saturated heterocycles. The highest BCUT2D eigenvalue weighted by molar-refractivity contribution is 6.33. The average Bonchev–Trinajstić information content (AvgIpc) is 3.39. The van der Waals surface area contributed by atoms with Gasteiger partial charge < -0.3 is 25.0 Å². The van der Waals surface area contributed by atoms with Crippen molar-refractivity contribution in [3.63, 3.8) is 0 Å². The monoisotopic (exact) mass is 452 g/mol. The molecule has 0 aliphatic carbocycles. The number of carbonyl (C=O) groups is 1. The summed E-state index contributed by atoms with van der Waals surface area (Å²) in [4.78, 5) is 23.4. The summed E-state index contributed by atoms with van der Waals surface area (Å²) < 4.78 is 5.26. The van der Waals surface area contributed by atoms with Gasteiger partial charge in [0.05, 0.1) is 22.0 Å². The van der Waals surface area contributed by atoms with E-state index in [1.807, 2.05) is 12.1 Å². The molecular formula is C23H25ClN6O2. The Morgan fingerprint density at radius 3 is 2.53 bits per heavy atom. The van der Waals surface area contributed by atoms with Crippen molar-refractivity contribution in [3.05, 3.63) is 52.3 Å². The van der Waals surface area contributed by atoms with Crippen molar-refractivity contribution in [2.75, 3.05) is 49.6 Å². The van der Waals surface area contributed by atoms with Crippen LogP contribution in [0.3, 0.4) is 0 Å². The Labute approximate surface area is 191 Å². The molecule has 2 aromatic carbocycles. The van der Waals surface area contributed by atoms with Crippen LogP contribution in [-0.2, 0) is 6.42 Å². The quantitative estimate of drug-likeness (QED) is 0.649. The number of nitrogens with zero attached hydrogens (tertiary/aromatic N) is 5. The number of rotatable bonds is 4. The summed E-state index contributed by atoms with van der Waals surface area (Å²) in [6, 6.07) is 9.71. The van der Waals surface area contributed by atoms with E-state index in [0.29, 0.717) is 22.8 Å². The average molecular weight is 453 g/mol. The third-order valence-electron chi connectivity index (χ3n) is 6.21. The van der Waals surface area contributed by atoms with Crippen LogP contribution < -0.4 is 15.5 Å². The molecular weight excluding hydrogens is 428 g/mol. The molecule has 1 amide bonds. The van der Waals surface area contributed by atoms with Crippen LogP contribution in [0.1, 0.15) is 21.7 Å². The van der Waals surface area contributed by atoms with E-state index in [9.17, 15) is 4.79 Å². The number of fused-ring (bicyclic) bond motifs is 1. The van der Waals surface area contributed by atoms with Gasteiger partial charge in [-0.3, -0.25) is 4.79 Å². The second kappa shape index (κ2) is 8.11. The molecule has 166 valence electrons. The topological polar surface area (TPSA) is 91.7 Å². The fourth-order valence-electron chi connectivity index (χ4n) is 4.45. The lowest BCUT2D eigenvalue weighted by atomic mass is 10.1. The number of aryl methyl sites for hydroxylation is 1. The van der Waals surface area contributed by atoms with Gasteiger partial charge in [0.25, 0.3) is 11.8 Å². The Morgan fingerprint density at radius 2 is 1.84 bits per heavy atom. The minimum absolute atomic E-state index is 0.363. The van der Waals surface area contributed by atoms with Crippen molar-refractivity contribution in [1.82, 2.24) is 15.0 Å². The van der Waals surface area contributed by atoms with Crippen molar-refractivity contribution in [3.8, 4) is 11.5 Å². The van der Waals surface area contributed by atoms with Gasteiger partial charge in [-0.2, -0.15) is 4.98 Å². The maximum absolute atomic E-state index is 12.4. The molecule has 2 aliphatic heterocycles. The van der Waals surface area contributed by atoms with Crippen LogP contribution in [0.15, 0.2) is 34.9 Å². The summed E-state index contributed by atoms with van der Waals surface area (Å²) in [5, 5.41) is 4.60. The lowest BCUT2D eigenvalue weighted by molar-refractivity contribution is 0.100. The van der Waals surface area contributed by atoms with Crippen molar-refractivity contribution in [1.29, 1.82) is 0 Å². The molecule has 0 spiro atoms. The molecule has 9 heteroatoms. The van der Waals surface area contributed by atoms with Crippen molar-refractivity contribution >= 4 is 34.6 Å². The van der Waals surface area contributed by atoms with E-state index in [2.05, 4.69) is 44.0 Å². The van der Waals surface area contributed by atoms with E-state index in [4.69, 9.17) is 21.9 Å². The first-order valence-electron chi connectivity index (χ1n) is 10.7. The highest BCUT2D eigenvalue weighted by Gasteiger charge is 2.27. The van der Waals surface area contributed by atoms with Gasteiger partial charge in [0.1, 0.15) is 0 Å². The molecule has 0 radical (unpaired) electrons. The molecule has 1 aromatic heterocycles. The summed E-state index contributed by atoms with van der Waals surface area (Å²) in [6.45, 7) is 6.36. The fourth-order valence-corrected chi connectivity index (χ4v) is 4.76. The van der Waals surface area contributed by atoms with E-state index in [0.717, 1.165) is 61.2 Å². The van der Waals surface area contributed by atoms with Crippen LogP contribution in [0.4, 0.5) is 17.1 Å². The Kier molecular flexibility index (Phi) is 5.27. The minimum Gasteiger partial charge on any atom is -0.368 e. The number of halogens is 1. The Morgan fingerprint density at radius 1 is 1.06 bits per heavy atom. The molecule has 3 aromatic rings. The normalized spacial score (nSPS) is 16.5. The van der Waals surface area contributed by atoms with Gasteiger partial charge in [-0.1, -0.05) is 16.8 Å². The van der Waals surface area contributed by atoms with Crippen LogP contribution >= 0.6 is 11.6 Å². The van der Waals surface area contributed by atoms with Gasteiger partial charge in [-0.05, 0) is 56.3 Å². The zero-order valence-electron chi connectivity index (χ0n) is 18.1. The van der Waals surface area contributed by atoms with Crippen molar-refractivity contribution in [2.45, 2.75) is 13.3 Å². The lowest BCUT2D eigenvalue weighted by Crippen LogP contribution is -2.44. The number of primary amides is 1. The van der Waals surface area contributed by atoms with Crippen LogP contribution in [0.25, 0.3) is 11.5 Å². The summed E-state index contributed by atoms with van der Waals surface area (Å²) in [7, 11) is 2.13. The third kappa shape index (κ3) is 3.69. The highest BCUT2D eigenvalue weighted by Crippen LogP contribution is 2.42. The number of anilines is 3. The Bertz CT molecular complexity index is 1190. The largest absolute Gasteiger partial charge is 0.368 e. The SMILES string of the molecule is Cc1noc(-c2ccc(N3CCc4cc(Cl)c(N5CCN(C)CC5)cc43)c(C(N)=O)c2)n1. The standard InChI is InChI=1S/C23H25ClN6O2/c1-14-26-23(32-27-14)16-3-4-19(17(11-16)22(25)31)30-6-5-15-12-18(24)21(13-20(15)30)29-9-7-28(2)8-10-29/h3-4,11-13H,5-10H2,1-2H3,(H2,25,31). The Balaban J connectivity index is 1.53. The molecule has 2 N–H and O–H groups in total. The first-order chi connectivity index (χ1) is 15.4. The number of hydrogen-bond donors (Lipinski definition) is 1. The molecule has 1 fully saturated rings. The number of piperazine rings is 1. The predicted molar refractivity (Wildman–Crippen MR) is 125 cm³/mol. The van der Waals surface area contributed by atoms with E-state index >= 15 is 0 Å². The van der Waals surface area contributed by atoms with Crippen molar-refractivity contribution < 1.29 is 9.32 Å². The number of benzene rings is 2. The van der Waals surface area contributed by atoms with E-state index < -0.39 is 5.91 Å². The van der Waals surface area contributed by atoms with Gasteiger partial charge in [0, 0.05) is 44.0 Å².